The van der Waals surface area contributed by atoms with E-state index < -0.39 is 0 Å². The van der Waals surface area contributed by atoms with Crippen LogP contribution >= 0.6 is 0 Å². The molecule has 0 aromatic heterocycles. The smallest absolute Gasteiger partial charge is 0.0113 e. The molecule has 2 rings (SSSR count). The van der Waals surface area contributed by atoms with Crippen LogP contribution in [0.4, 0.5) is 0 Å². The van der Waals surface area contributed by atoms with Crippen molar-refractivity contribution >= 4 is 0 Å². The summed E-state index contributed by atoms with van der Waals surface area (Å²) in [5, 5.41) is 0. The van der Waals surface area contributed by atoms with Crippen molar-refractivity contribution < 1.29 is 0 Å². The molecule has 2 N–H and O–H groups in total. The van der Waals surface area contributed by atoms with Gasteiger partial charge in [-0.3, -0.25) is 4.90 Å². The zero-order valence-corrected chi connectivity index (χ0v) is 13.0. The Hall–Kier alpha value is -0.120. The Labute approximate surface area is 119 Å². The van der Waals surface area contributed by atoms with Gasteiger partial charge in [0.15, 0.2) is 0 Å². The van der Waals surface area contributed by atoms with Crippen LogP contribution in [0.3, 0.4) is 0 Å². The lowest BCUT2D eigenvalue weighted by Crippen LogP contribution is -2.52. The van der Waals surface area contributed by atoms with E-state index in [4.69, 9.17) is 5.73 Å². The van der Waals surface area contributed by atoms with Crippen molar-refractivity contribution in [3.05, 3.63) is 0 Å². The molecular formula is C16H33N3. The second-order valence-electron chi connectivity index (χ2n) is 7.02. The van der Waals surface area contributed by atoms with Gasteiger partial charge in [0.05, 0.1) is 0 Å². The van der Waals surface area contributed by atoms with Crippen molar-refractivity contribution in [1.82, 2.24) is 9.80 Å². The molecule has 19 heavy (non-hydrogen) atoms. The quantitative estimate of drug-likeness (QED) is 0.801. The molecule has 1 aliphatic heterocycles. The molecule has 1 heterocycles. The zero-order valence-electron chi connectivity index (χ0n) is 13.0. The molecule has 1 saturated heterocycles. The first-order valence-corrected chi connectivity index (χ1v) is 8.33. The van der Waals surface area contributed by atoms with Crippen molar-refractivity contribution in [2.75, 3.05) is 39.3 Å². The fraction of sp³-hybridized carbons (Fsp3) is 1.00. The minimum atomic E-state index is 0.324. The van der Waals surface area contributed by atoms with E-state index in [0.717, 1.165) is 12.6 Å². The fourth-order valence-corrected chi connectivity index (χ4v) is 3.95. The molecule has 3 nitrogen and oxygen atoms in total. The van der Waals surface area contributed by atoms with Gasteiger partial charge in [0.2, 0.25) is 0 Å². The van der Waals surface area contributed by atoms with E-state index in [1.807, 2.05) is 0 Å². The molecule has 1 aliphatic carbocycles. The normalized spacial score (nSPS) is 26.7. The van der Waals surface area contributed by atoms with E-state index in [0.29, 0.717) is 5.41 Å². The van der Waals surface area contributed by atoms with E-state index in [-0.39, 0.29) is 0 Å². The van der Waals surface area contributed by atoms with Crippen molar-refractivity contribution in [2.24, 2.45) is 11.1 Å². The van der Waals surface area contributed by atoms with Crippen LogP contribution in [0.1, 0.15) is 52.4 Å². The Morgan fingerprint density at radius 3 is 2.26 bits per heavy atom. The summed E-state index contributed by atoms with van der Waals surface area (Å²) in [5.41, 5.74) is 6.32. The third-order valence-corrected chi connectivity index (χ3v) is 5.20. The van der Waals surface area contributed by atoms with E-state index in [9.17, 15) is 0 Å². The van der Waals surface area contributed by atoms with Gasteiger partial charge in [-0.25, -0.2) is 0 Å². The van der Waals surface area contributed by atoms with Gasteiger partial charge >= 0.3 is 0 Å². The second kappa shape index (κ2) is 7.05. The molecular weight excluding hydrogens is 234 g/mol. The molecule has 2 aliphatic rings. The first-order valence-electron chi connectivity index (χ1n) is 8.33. The summed E-state index contributed by atoms with van der Waals surface area (Å²) in [4.78, 5) is 5.39. The maximum atomic E-state index is 6.00. The highest BCUT2D eigenvalue weighted by Gasteiger charge is 2.29. The molecule has 0 bridgehead atoms. The topological polar surface area (TPSA) is 32.5 Å². The van der Waals surface area contributed by atoms with Crippen LogP contribution in [0.2, 0.25) is 0 Å². The van der Waals surface area contributed by atoms with E-state index in [1.54, 1.807) is 0 Å². The number of piperazine rings is 1. The molecule has 112 valence electrons. The average molecular weight is 267 g/mol. The van der Waals surface area contributed by atoms with Crippen molar-refractivity contribution in [1.29, 1.82) is 0 Å². The van der Waals surface area contributed by atoms with Gasteiger partial charge in [-0.2, -0.15) is 0 Å². The van der Waals surface area contributed by atoms with Gasteiger partial charge in [0.1, 0.15) is 0 Å². The van der Waals surface area contributed by atoms with Crippen LogP contribution in [-0.4, -0.2) is 55.1 Å². The van der Waals surface area contributed by atoms with Gasteiger partial charge < -0.3 is 10.6 Å². The third kappa shape index (κ3) is 4.17. The molecule has 3 heteroatoms. The number of hydrogen-bond donors (Lipinski definition) is 1. The third-order valence-electron chi connectivity index (χ3n) is 5.20. The summed E-state index contributed by atoms with van der Waals surface area (Å²) in [6.45, 7) is 11.7. The van der Waals surface area contributed by atoms with Crippen LogP contribution in [0.5, 0.6) is 0 Å². The highest BCUT2D eigenvalue weighted by molar-refractivity contribution is 4.85. The Kier molecular flexibility index (Phi) is 5.67. The summed E-state index contributed by atoms with van der Waals surface area (Å²) in [7, 11) is 0. The Bertz CT molecular complexity index is 255. The molecule has 1 atom stereocenters. The van der Waals surface area contributed by atoms with Crippen molar-refractivity contribution in [3.63, 3.8) is 0 Å². The van der Waals surface area contributed by atoms with Gasteiger partial charge in [0, 0.05) is 38.8 Å². The Balaban J connectivity index is 1.76. The monoisotopic (exact) mass is 267 g/mol. The maximum absolute atomic E-state index is 6.00. The molecule has 0 amide bonds. The van der Waals surface area contributed by atoms with Gasteiger partial charge in [-0.15, -0.1) is 0 Å². The molecule has 1 unspecified atom stereocenters. The highest BCUT2D eigenvalue weighted by atomic mass is 15.3. The van der Waals surface area contributed by atoms with Gasteiger partial charge in [0.25, 0.3) is 0 Å². The van der Waals surface area contributed by atoms with Crippen LogP contribution in [0.25, 0.3) is 0 Å². The molecule has 2 fully saturated rings. The zero-order chi connectivity index (χ0) is 13.7. The SMILES string of the molecule is CCCC(C)(CN)CN1CCN(C2CCCC2)CC1. The molecule has 0 radical (unpaired) electrons. The minimum Gasteiger partial charge on any atom is -0.330 e. The minimum absolute atomic E-state index is 0.324. The van der Waals surface area contributed by atoms with Crippen LogP contribution in [0.15, 0.2) is 0 Å². The molecule has 0 aromatic carbocycles. The predicted octanol–water partition coefficient (Wildman–Crippen LogP) is 2.31. The highest BCUT2D eigenvalue weighted by Crippen LogP contribution is 2.26. The second-order valence-corrected chi connectivity index (χ2v) is 7.02. The van der Waals surface area contributed by atoms with Crippen LogP contribution in [-0.2, 0) is 0 Å². The summed E-state index contributed by atoms with van der Waals surface area (Å²) in [6.07, 6.45) is 8.29. The van der Waals surface area contributed by atoms with Gasteiger partial charge in [-0.1, -0.05) is 33.1 Å². The first-order chi connectivity index (χ1) is 9.17. The molecule has 0 spiro atoms. The molecule has 1 saturated carbocycles. The first kappa shape index (κ1) is 15.3. The Morgan fingerprint density at radius 2 is 1.74 bits per heavy atom. The Morgan fingerprint density at radius 1 is 1.11 bits per heavy atom. The number of nitrogens with zero attached hydrogens (tertiary/aromatic N) is 2. The van der Waals surface area contributed by atoms with E-state index >= 15 is 0 Å². The summed E-state index contributed by atoms with van der Waals surface area (Å²) in [5.74, 6) is 0. The van der Waals surface area contributed by atoms with E-state index in [1.165, 1.54) is 71.2 Å². The predicted molar refractivity (Wildman–Crippen MR) is 82.3 cm³/mol. The standard InChI is InChI=1S/C16H33N3/c1-3-8-16(2,13-17)14-18-9-11-19(12-10-18)15-6-4-5-7-15/h15H,3-14,17H2,1-2H3. The fourth-order valence-electron chi connectivity index (χ4n) is 3.95. The summed E-state index contributed by atoms with van der Waals surface area (Å²) in [6, 6.07) is 0.902. The van der Waals surface area contributed by atoms with E-state index in [2.05, 4.69) is 23.6 Å². The average Bonchev–Trinajstić information content (AvgIpc) is 2.94. The summed E-state index contributed by atoms with van der Waals surface area (Å²) < 4.78 is 0. The summed E-state index contributed by atoms with van der Waals surface area (Å²) >= 11 is 0. The van der Waals surface area contributed by atoms with Crippen LogP contribution < -0.4 is 5.73 Å². The lowest BCUT2D eigenvalue weighted by molar-refractivity contribution is 0.0679. The lowest BCUT2D eigenvalue weighted by atomic mass is 9.85. The van der Waals surface area contributed by atoms with Crippen LogP contribution in [0, 0.1) is 5.41 Å². The number of nitrogens with two attached hydrogens (primary N) is 1. The molecule has 0 aromatic rings. The maximum Gasteiger partial charge on any atom is 0.0113 e. The number of hydrogen-bond acceptors (Lipinski definition) is 3. The lowest BCUT2D eigenvalue weighted by Gasteiger charge is -2.41. The van der Waals surface area contributed by atoms with Crippen molar-refractivity contribution in [3.8, 4) is 0 Å². The largest absolute Gasteiger partial charge is 0.330 e. The van der Waals surface area contributed by atoms with Crippen molar-refractivity contribution in [2.45, 2.75) is 58.4 Å². The van der Waals surface area contributed by atoms with Gasteiger partial charge in [-0.05, 0) is 31.2 Å². The number of rotatable bonds is 6.